The molecule has 0 bridgehead atoms. The average molecular weight is 304 g/mol. The Morgan fingerprint density at radius 2 is 1.87 bits per heavy atom. The fourth-order valence-corrected chi connectivity index (χ4v) is 2.97. The van der Waals surface area contributed by atoms with Gasteiger partial charge >= 0.3 is 6.09 Å². The van der Waals surface area contributed by atoms with Crippen LogP contribution < -0.4 is 0 Å². The zero-order valence-electron chi connectivity index (χ0n) is 12.8. The molecule has 0 fully saturated rings. The van der Waals surface area contributed by atoms with Gasteiger partial charge in [-0.2, -0.15) is 5.26 Å². The molecule has 0 radical (unpaired) electrons. The van der Waals surface area contributed by atoms with Gasteiger partial charge in [0, 0.05) is 18.2 Å². The van der Waals surface area contributed by atoms with Crippen LogP contribution in [0.2, 0.25) is 0 Å². The number of hydrogen-bond donors (Lipinski definition) is 0. The topological polar surface area (TPSA) is 53.3 Å². The Kier molecular flexibility index (Phi) is 3.86. The molecule has 114 valence electrons. The van der Waals surface area contributed by atoms with Crippen LogP contribution in [0.3, 0.4) is 0 Å². The van der Waals surface area contributed by atoms with Gasteiger partial charge in [-0.25, -0.2) is 4.79 Å². The second-order valence-corrected chi connectivity index (χ2v) is 5.38. The lowest BCUT2D eigenvalue weighted by Gasteiger charge is -2.39. The van der Waals surface area contributed by atoms with Crippen molar-refractivity contribution in [2.24, 2.45) is 0 Å². The highest BCUT2D eigenvalue weighted by atomic mass is 16.5. The summed E-state index contributed by atoms with van der Waals surface area (Å²) in [5, 5.41) is 10.0. The standard InChI is InChI=1S/C19H16N2O2/c1-23-18(22)21-12-11-16-9-5-6-10-17(16)19(21,14-20)13-15-7-3-2-4-8-15/h2-12H,13H2,1H3. The molecule has 0 spiro atoms. The molecule has 4 heteroatoms. The number of amides is 1. The van der Waals surface area contributed by atoms with Gasteiger partial charge in [0.2, 0.25) is 0 Å². The third-order valence-corrected chi connectivity index (χ3v) is 4.08. The molecule has 23 heavy (non-hydrogen) atoms. The van der Waals surface area contributed by atoms with Crippen LogP contribution in [0.5, 0.6) is 0 Å². The summed E-state index contributed by atoms with van der Waals surface area (Å²) in [6.07, 6.45) is 3.29. The number of carbonyl (C=O) groups is 1. The first-order chi connectivity index (χ1) is 11.2. The molecular formula is C19H16N2O2. The number of hydrogen-bond acceptors (Lipinski definition) is 3. The van der Waals surface area contributed by atoms with Crippen molar-refractivity contribution < 1.29 is 9.53 Å². The van der Waals surface area contributed by atoms with Crippen molar-refractivity contribution >= 4 is 12.2 Å². The summed E-state index contributed by atoms with van der Waals surface area (Å²) >= 11 is 0. The van der Waals surface area contributed by atoms with E-state index in [-0.39, 0.29) is 0 Å². The molecule has 0 saturated heterocycles. The summed E-state index contributed by atoms with van der Waals surface area (Å²) in [7, 11) is 1.32. The number of methoxy groups -OCH3 is 1. The molecule has 0 aliphatic carbocycles. The fourth-order valence-electron chi connectivity index (χ4n) is 2.97. The van der Waals surface area contributed by atoms with Gasteiger partial charge in [0.25, 0.3) is 0 Å². The molecule has 1 aliphatic heterocycles. The number of rotatable bonds is 2. The Labute approximate surface area is 135 Å². The van der Waals surface area contributed by atoms with E-state index in [0.717, 1.165) is 16.7 Å². The van der Waals surface area contributed by atoms with Gasteiger partial charge in [0.15, 0.2) is 5.54 Å². The number of ether oxygens (including phenoxy) is 1. The maximum absolute atomic E-state index is 12.2. The van der Waals surface area contributed by atoms with Crippen molar-refractivity contribution in [2.45, 2.75) is 12.0 Å². The van der Waals surface area contributed by atoms with Crippen LogP contribution in [0, 0.1) is 11.3 Å². The van der Waals surface area contributed by atoms with E-state index in [4.69, 9.17) is 4.74 Å². The smallest absolute Gasteiger partial charge is 0.415 e. The minimum absolute atomic E-state index is 0.390. The highest BCUT2D eigenvalue weighted by molar-refractivity contribution is 5.76. The quantitative estimate of drug-likeness (QED) is 0.850. The van der Waals surface area contributed by atoms with Crippen LogP contribution in [0.25, 0.3) is 6.08 Å². The summed E-state index contributed by atoms with van der Waals surface area (Å²) in [5.41, 5.74) is 1.59. The summed E-state index contributed by atoms with van der Waals surface area (Å²) in [5.74, 6) is 0. The molecule has 2 aromatic rings. The highest BCUT2D eigenvalue weighted by Crippen LogP contribution is 2.38. The zero-order valence-corrected chi connectivity index (χ0v) is 12.8. The van der Waals surface area contributed by atoms with Gasteiger partial charge in [-0.3, -0.25) is 4.90 Å². The van der Waals surface area contributed by atoms with Crippen LogP contribution in [0.4, 0.5) is 4.79 Å². The van der Waals surface area contributed by atoms with E-state index >= 15 is 0 Å². The molecule has 0 saturated carbocycles. The highest BCUT2D eigenvalue weighted by Gasteiger charge is 2.44. The number of benzene rings is 2. The lowest BCUT2D eigenvalue weighted by molar-refractivity contribution is 0.108. The Bertz CT molecular complexity index is 793. The van der Waals surface area contributed by atoms with E-state index in [0.29, 0.717) is 6.42 Å². The van der Waals surface area contributed by atoms with Gasteiger partial charge in [0.1, 0.15) is 0 Å². The van der Waals surface area contributed by atoms with Crippen molar-refractivity contribution in [3.8, 4) is 6.07 Å². The SMILES string of the molecule is COC(=O)N1C=Cc2ccccc2C1(C#N)Cc1ccccc1. The van der Waals surface area contributed by atoms with Gasteiger partial charge in [-0.15, -0.1) is 0 Å². The van der Waals surface area contributed by atoms with Crippen molar-refractivity contribution in [1.29, 1.82) is 5.26 Å². The maximum atomic E-state index is 12.2. The van der Waals surface area contributed by atoms with Gasteiger partial charge in [0.05, 0.1) is 13.2 Å². The fraction of sp³-hybridized carbons (Fsp3) is 0.158. The molecule has 1 heterocycles. The molecule has 3 rings (SSSR count). The van der Waals surface area contributed by atoms with Crippen molar-refractivity contribution in [2.75, 3.05) is 7.11 Å². The summed E-state index contributed by atoms with van der Waals surface area (Å²) in [4.78, 5) is 13.6. The summed E-state index contributed by atoms with van der Waals surface area (Å²) < 4.78 is 4.88. The van der Waals surface area contributed by atoms with E-state index in [1.807, 2.05) is 60.7 Å². The van der Waals surface area contributed by atoms with Gasteiger partial charge in [-0.1, -0.05) is 54.6 Å². The predicted octanol–water partition coefficient (Wildman–Crippen LogP) is 3.70. The predicted molar refractivity (Wildman–Crippen MR) is 87.2 cm³/mol. The normalized spacial score (nSPS) is 18.9. The van der Waals surface area contributed by atoms with E-state index in [2.05, 4.69) is 6.07 Å². The van der Waals surface area contributed by atoms with Crippen LogP contribution >= 0.6 is 0 Å². The number of carbonyl (C=O) groups excluding carboxylic acids is 1. The molecular weight excluding hydrogens is 288 g/mol. The zero-order chi connectivity index (χ0) is 16.3. The first-order valence-corrected chi connectivity index (χ1v) is 7.31. The Morgan fingerprint density at radius 1 is 1.17 bits per heavy atom. The second kappa shape index (κ2) is 5.98. The maximum Gasteiger partial charge on any atom is 0.415 e. The monoisotopic (exact) mass is 304 g/mol. The van der Waals surface area contributed by atoms with E-state index in [1.165, 1.54) is 12.0 Å². The molecule has 1 atom stereocenters. The first kappa shape index (κ1) is 14.9. The van der Waals surface area contributed by atoms with E-state index in [1.54, 1.807) is 6.20 Å². The largest absolute Gasteiger partial charge is 0.452 e. The third-order valence-electron chi connectivity index (χ3n) is 4.08. The van der Waals surface area contributed by atoms with Crippen molar-refractivity contribution in [3.63, 3.8) is 0 Å². The minimum Gasteiger partial charge on any atom is -0.452 e. The third kappa shape index (κ3) is 2.47. The molecule has 1 unspecified atom stereocenters. The molecule has 0 aromatic heterocycles. The number of fused-ring (bicyclic) bond motifs is 1. The molecule has 0 N–H and O–H groups in total. The van der Waals surface area contributed by atoms with Crippen molar-refractivity contribution in [1.82, 2.24) is 4.90 Å². The van der Waals surface area contributed by atoms with Crippen LogP contribution in [-0.2, 0) is 16.7 Å². The lowest BCUT2D eigenvalue weighted by atomic mass is 9.79. The molecule has 2 aromatic carbocycles. The van der Waals surface area contributed by atoms with Crippen molar-refractivity contribution in [3.05, 3.63) is 77.5 Å². The first-order valence-electron chi connectivity index (χ1n) is 7.31. The molecule has 4 nitrogen and oxygen atoms in total. The van der Waals surface area contributed by atoms with Gasteiger partial charge < -0.3 is 4.74 Å². The Hall–Kier alpha value is -3.06. The Balaban J connectivity index is 2.17. The Morgan fingerprint density at radius 3 is 2.57 bits per heavy atom. The van der Waals surface area contributed by atoms with Gasteiger partial charge in [-0.05, 0) is 17.2 Å². The summed E-state index contributed by atoms with van der Waals surface area (Å²) in [6, 6.07) is 19.7. The molecule has 1 amide bonds. The minimum atomic E-state index is -1.13. The van der Waals surface area contributed by atoms with E-state index in [9.17, 15) is 10.1 Å². The lowest BCUT2D eigenvalue weighted by Crippen LogP contribution is -2.48. The van der Waals surface area contributed by atoms with Crippen LogP contribution in [-0.4, -0.2) is 18.1 Å². The van der Waals surface area contributed by atoms with Crippen LogP contribution in [0.1, 0.15) is 16.7 Å². The van der Waals surface area contributed by atoms with Crippen LogP contribution in [0.15, 0.2) is 60.8 Å². The average Bonchev–Trinajstić information content (AvgIpc) is 2.62. The number of nitrogens with zero attached hydrogens (tertiary/aromatic N) is 2. The summed E-state index contributed by atoms with van der Waals surface area (Å²) in [6.45, 7) is 0. The number of nitriles is 1. The molecule has 1 aliphatic rings. The second-order valence-electron chi connectivity index (χ2n) is 5.38. The van der Waals surface area contributed by atoms with E-state index < -0.39 is 11.6 Å².